The molecule has 0 saturated heterocycles. The molecule has 1 aromatic carbocycles. The van der Waals surface area contributed by atoms with Crippen molar-refractivity contribution in [3.63, 3.8) is 0 Å². The van der Waals surface area contributed by atoms with E-state index in [0.29, 0.717) is 12.3 Å². The molecule has 2 unspecified atom stereocenters. The summed E-state index contributed by atoms with van der Waals surface area (Å²) in [5, 5.41) is 16.6. The van der Waals surface area contributed by atoms with Crippen molar-refractivity contribution in [3.05, 3.63) is 35.4 Å². The Bertz CT molecular complexity index is 527. The Labute approximate surface area is 125 Å². The first kappa shape index (κ1) is 14.4. The van der Waals surface area contributed by atoms with Crippen molar-refractivity contribution in [2.45, 2.75) is 50.7 Å². The second kappa shape index (κ2) is 5.68. The molecule has 2 aliphatic carbocycles. The molecular formula is C17H24N2O2. The molecule has 4 heteroatoms. The fraction of sp³-hybridized carbons (Fsp3) is 0.588. The summed E-state index contributed by atoms with van der Waals surface area (Å²) in [6.45, 7) is 2.33. The van der Waals surface area contributed by atoms with Gasteiger partial charge in [-0.05, 0) is 49.7 Å². The smallest absolute Gasteiger partial charge is 0.315 e. The molecule has 4 nitrogen and oxygen atoms in total. The molecular weight excluding hydrogens is 264 g/mol. The molecule has 21 heavy (non-hydrogen) atoms. The van der Waals surface area contributed by atoms with Crippen LogP contribution in [0.4, 0.5) is 4.79 Å². The Kier molecular flexibility index (Phi) is 3.89. The van der Waals surface area contributed by atoms with E-state index in [1.54, 1.807) is 0 Å². The minimum absolute atomic E-state index is 0.174. The molecule has 1 saturated carbocycles. The molecule has 1 aromatic rings. The predicted molar refractivity (Wildman–Crippen MR) is 82.0 cm³/mol. The van der Waals surface area contributed by atoms with Crippen LogP contribution in [0.25, 0.3) is 0 Å². The van der Waals surface area contributed by atoms with Gasteiger partial charge in [0.25, 0.3) is 0 Å². The van der Waals surface area contributed by atoms with Crippen LogP contribution in [0.15, 0.2) is 24.3 Å². The number of hydrogen-bond acceptors (Lipinski definition) is 2. The highest BCUT2D eigenvalue weighted by atomic mass is 16.3. The van der Waals surface area contributed by atoms with E-state index >= 15 is 0 Å². The lowest BCUT2D eigenvalue weighted by molar-refractivity contribution is 0.0410. The van der Waals surface area contributed by atoms with E-state index in [0.717, 1.165) is 12.0 Å². The highest BCUT2D eigenvalue weighted by molar-refractivity contribution is 5.74. The number of aliphatic hydroxyl groups is 1. The van der Waals surface area contributed by atoms with Crippen LogP contribution in [-0.2, 0) is 12.0 Å². The number of carbonyl (C=O) groups is 1. The van der Waals surface area contributed by atoms with Gasteiger partial charge in [0, 0.05) is 6.04 Å². The molecule has 114 valence electrons. The molecule has 0 spiro atoms. The number of carbonyl (C=O) groups excluding carboxylic acids is 1. The van der Waals surface area contributed by atoms with Gasteiger partial charge < -0.3 is 15.7 Å². The molecule has 2 aliphatic rings. The number of fused-ring (bicyclic) bond motifs is 1. The molecule has 0 bridgehead atoms. The van der Waals surface area contributed by atoms with E-state index < -0.39 is 5.60 Å². The Hall–Kier alpha value is -1.55. The predicted octanol–water partition coefficient (Wildman–Crippen LogP) is 2.31. The van der Waals surface area contributed by atoms with Crippen molar-refractivity contribution in [3.8, 4) is 0 Å². The third kappa shape index (κ3) is 2.91. The largest absolute Gasteiger partial charge is 0.383 e. The third-order valence-corrected chi connectivity index (χ3v) is 5.08. The summed E-state index contributed by atoms with van der Waals surface area (Å²) in [4.78, 5) is 12.0. The fourth-order valence-corrected chi connectivity index (χ4v) is 3.39. The Balaban J connectivity index is 1.54. The molecule has 0 radical (unpaired) electrons. The van der Waals surface area contributed by atoms with Gasteiger partial charge in [-0.15, -0.1) is 0 Å². The zero-order chi connectivity index (χ0) is 14.9. The van der Waals surface area contributed by atoms with E-state index in [-0.39, 0.29) is 18.6 Å². The van der Waals surface area contributed by atoms with Crippen molar-refractivity contribution >= 4 is 6.03 Å². The van der Waals surface area contributed by atoms with Gasteiger partial charge >= 0.3 is 6.03 Å². The SMILES string of the molecule is CC(NC(=O)NCC1(O)CCc2ccccc21)C1CCC1. The van der Waals surface area contributed by atoms with Crippen molar-refractivity contribution in [2.75, 3.05) is 6.54 Å². The molecule has 2 atom stereocenters. The Morgan fingerprint density at radius 1 is 1.43 bits per heavy atom. The highest BCUT2D eigenvalue weighted by Gasteiger charge is 2.36. The first-order chi connectivity index (χ1) is 10.1. The average molecular weight is 288 g/mol. The number of urea groups is 1. The second-order valence-corrected chi connectivity index (χ2v) is 6.50. The molecule has 1 fully saturated rings. The summed E-state index contributed by atoms with van der Waals surface area (Å²) in [7, 11) is 0. The van der Waals surface area contributed by atoms with Gasteiger partial charge in [0.2, 0.25) is 0 Å². The number of amides is 2. The van der Waals surface area contributed by atoms with Crippen LogP contribution >= 0.6 is 0 Å². The van der Waals surface area contributed by atoms with E-state index in [1.165, 1.54) is 24.8 Å². The zero-order valence-corrected chi connectivity index (χ0v) is 12.6. The third-order valence-electron chi connectivity index (χ3n) is 5.08. The summed E-state index contributed by atoms with van der Waals surface area (Å²) in [5.74, 6) is 0.617. The van der Waals surface area contributed by atoms with Crippen molar-refractivity contribution in [1.29, 1.82) is 0 Å². The summed E-state index contributed by atoms with van der Waals surface area (Å²) in [6, 6.07) is 7.97. The van der Waals surface area contributed by atoms with Gasteiger partial charge in [-0.25, -0.2) is 4.79 Å². The van der Waals surface area contributed by atoms with Gasteiger partial charge in [0.1, 0.15) is 5.60 Å². The summed E-state index contributed by atoms with van der Waals surface area (Å²) >= 11 is 0. The van der Waals surface area contributed by atoms with Gasteiger partial charge in [0.15, 0.2) is 0 Å². The van der Waals surface area contributed by atoms with Gasteiger partial charge in [-0.3, -0.25) is 0 Å². The summed E-state index contributed by atoms with van der Waals surface area (Å²) < 4.78 is 0. The monoisotopic (exact) mass is 288 g/mol. The lowest BCUT2D eigenvalue weighted by Crippen LogP contribution is -2.49. The molecule has 0 heterocycles. The van der Waals surface area contributed by atoms with Gasteiger partial charge in [-0.1, -0.05) is 30.7 Å². The lowest BCUT2D eigenvalue weighted by Gasteiger charge is -2.32. The van der Waals surface area contributed by atoms with E-state index in [4.69, 9.17) is 0 Å². The van der Waals surface area contributed by atoms with Crippen LogP contribution in [0.2, 0.25) is 0 Å². The average Bonchev–Trinajstić information content (AvgIpc) is 2.74. The zero-order valence-electron chi connectivity index (χ0n) is 12.6. The normalized spacial score (nSPS) is 25.8. The molecule has 0 aliphatic heterocycles. The second-order valence-electron chi connectivity index (χ2n) is 6.50. The first-order valence-electron chi connectivity index (χ1n) is 7.94. The van der Waals surface area contributed by atoms with E-state index in [9.17, 15) is 9.90 Å². The summed E-state index contributed by atoms with van der Waals surface area (Å²) in [5.41, 5.74) is 1.22. The van der Waals surface area contributed by atoms with Crippen LogP contribution in [0.5, 0.6) is 0 Å². The Morgan fingerprint density at radius 2 is 2.19 bits per heavy atom. The quantitative estimate of drug-likeness (QED) is 0.796. The van der Waals surface area contributed by atoms with Crippen LogP contribution < -0.4 is 10.6 Å². The Morgan fingerprint density at radius 3 is 2.90 bits per heavy atom. The number of rotatable bonds is 4. The molecule has 2 amide bonds. The molecule has 3 rings (SSSR count). The van der Waals surface area contributed by atoms with Crippen molar-refractivity contribution < 1.29 is 9.90 Å². The van der Waals surface area contributed by atoms with Crippen LogP contribution in [0.3, 0.4) is 0 Å². The number of nitrogens with one attached hydrogen (secondary N) is 2. The van der Waals surface area contributed by atoms with E-state index in [2.05, 4.69) is 17.6 Å². The highest BCUT2D eigenvalue weighted by Crippen LogP contribution is 2.36. The van der Waals surface area contributed by atoms with Gasteiger partial charge in [-0.2, -0.15) is 0 Å². The first-order valence-corrected chi connectivity index (χ1v) is 7.94. The minimum atomic E-state index is -0.923. The number of aryl methyl sites for hydroxylation is 1. The topological polar surface area (TPSA) is 61.4 Å². The van der Waals surface area contributed by atoms with E-state index in [1.807, 2.05) is 24.3 Å². The standard InChI is InChI=1S/C17H24N2O2/c1-12(13-6-4-7-13)19-16(20)18-11-17(21)10-9-14-5-2-3-8-15(14)17/h2-3,5,8,12-13,21H,4,6-7,9-11H2,1H3,(H2,18,19,20). The minimum Gasteiger partial charge on any atom is -0.383 e. The lowest BCUT2D eigenvalue weighted by atomic mass is 9.80. The number of benzene rings is 1. The van der Waals surface area contributed by atoms with Crippen molar-refractivity contribution in [2.24, 2.45) is 5.92 Å². The van der Waals surface area contributed by atoms with Crippen LogP contribution in [-0.4, -0.2) is 23.7 Å². The fourth-order valence-electron chi connectivity index (χ4n) is 3.39. The molecule has 0 aromatic heterocycles. The summed E-state index contributed by atoms with van der Waals surface area (Å²) in [6.07, 6.45) is 5.23. The van der Waals surface area contributed by atoms with Crippen molar-refractivity contribution in [1.82, 2.24) is 10.6 Å². The van der Waals surface area contributed by atoms with Gasteiger partial charge in [0.05, 0.1) is 6.54 Å². The maximum Gasteiger partial charge on any atom is 0.315 e. The maximum atomic E-state index is 12.0. The maximum absolute atomic E-state index is 12.0. The van der Waals surface area contributed by atoms with Crippen LogP contribution in [0, 0.1) is 5.92 Å². The number of hydrogen-bond donors (Lipinski definition) is 3. The van der Waals surface area contributed by atoms with Crippen LogP contribution in [0.1, 0.15) is 43.7 Å². The molecule has 3 N–H and O–H groups in total.